The zero-order chi connectivity index (χ0) is 34.8. The van der Waals surface area contributed by atoms with Crippen LogP contribution in [-0.4, -0.2) is 0 Å². The molecule has 0 radical (unpaired) electrons. The number of anilines is 3. The van der Waals surface area contributed by atoms with Gasteiger partial charge < -0.3 is 4.90 Å². The molecule has 0 aliphatic heterocycles. The van der Waals surface area contributed by atoms with E-state index in [1.54, 1.807) is 0 Å². The van der Waals surface area contributed by atoms with Gasteiger partial charge in [0.2, 0.25) is 0 Å². The van der Waals surface area contributed by atoms with Gasteiger partial charge in [-0.15, -0.1) is 0 Å². The predicted molar refractivity (Wildman–Crippen MR) is 222 cm³/mol. The molecule has 1 heteroatoms. The average Bonchev–Trinajstić information content (AvgIpc) is 3.42. The lowest BCUT2D eigenvalue weighted by Gasteiger charge is -2.28. The summed E-state index contributed by atoms with van der Waals surface area (Å²) in [7, 11) is 0. The van der Waals surface area contributed by atoms with Gasteiger partial charge in [0.25, 0.3) is 0 Å². The monoisotopic (exact) mass is 663 g/mol. The van der Waals surface area contributed by atoms with Gasteiger partial charge in [-0.05, 0) is 131 Å². The lowest BCUT2D eigenvalue weighted by atomic mass is 9.81. The van der Waals surface area contributed by atoms with E-state index in [1.807, 2.05) is 0 Å². The van der Waals surface area contributed by atoms with Crippen molar-refractivity contribution in [2.45, 2.75) is 19.3 Å². The highest BCUT2D eigenvalue weighted by atomic mass is 15.1. The third kappa shape index (κ3) is 4.93. The number of fused-ring (bicyclic) bond motifs is 6. The van der Waals surface area contributed by atoms with E-state index in [0.717, 1.165) is 17.1 Å². The van der Waals surface area contributed by atoms with Crippen molar-refractivity contribution in [3.8, 4) is 33.4 Å². The second-order valence-electron chi connectivity index (χ2n) is 14.6. The Morgan fingerprint density at radius 1 is 0.327 bits per heavy atom. The van der Waals surface area contributed by atoms with E-state index in [4.69, 9.17) is 0 Å². The minimum absolute atomic E-state index is 0.161. The van der Waals surface area contributed by atoms with Crippen LogP contribution in [0.4, 0.5) is 17.1 Å². The van der Waals surface area contributed by atoms with Crippen molar-refractivity contribution in [1.82, 2.24) is 0 Å². The van der Waals surface area contributed by atoms with E-state index in [-0.39, 0.29) is 5.41 Å². The molecule has 9 aromatic carbocycles. The molecule has 0 fully saturated rings. The maximum absolute atomic E-state index is 2.43. The van der Waals surface area contributed by atoms with Crippen LogP contribution in [0.25, 0.3) is 65.7 Å². The van der Waals surface area contributed by atoms with E-state index in [0.29, 0.717) is 0 Å². The van der Waals surface area contributed by atoms with Crippen LogP contribution in [0.5, 0.6) is 0 Å². The van der Waals surface area contributed by atoms with Crippen LogP contribution < -0.4 is 4.90 Å². The zero-order valence-corrected chi connectivity index (χ0v) is 29.3. The van der Waals surface area contributed by atoms with Crippen molar-refractivity contribution in [3.05, 3.63) is 199 Å². The summed E-state index contributed by atoms with van der Waals surface area (Å²) in [4.78, 5) is 2.40. The van der Waals surface area contributed by atoms with Crippen molar-refractivity contribution in [3.63, 3.8) is 0 Å². The highest BCUT2D eigenvalue weighted by molar-refractivity contribution is 5.98. The summed E-state index contributed by atoms with van der Waals surface area (Å²) < 4.78 is 0. The largest absolute Gasteiger partial charge is 0.310 e. The van der Waals surface area contributed by atoms with Crippen molar-refractivity contribution >= 4 is 49.4 Å². The first-order chi connectivity index (χ1) is 25.5. The molecule has 1 aliphatic rings. The first-order valence-electron chi connectivity index (χ1n) is 18.2. The topological polar surface area (TPSA) is 3.24 Å². The fourth-order valence-corrected chi connectivity index (χ4v) is 8.45. The molecule has 0 bridgehead atoms. The van der Waals surface area contributed by atoms with Crippen molar-refractivity contribution in [2.24, 2.45) is 0 Å². The van der Waals surface area contributed by atoms with Crippen molar-refractivity contribution in [1.29, 1.82) is 0 Å². The number of hydrogen-bond acceptors (Lipinski definition) is 1. The molecule has 0 unspecified atom stereocenters. The third-order valence-corrected chi connectivity index (χ3v) is 11.2. The SMILES string of the molecule is CC1(C)c2cc(-c3cccc4ccccc34)ccc2-c2ccc(N(c3ccccc3)c3ccc4cc(-c5ccc6ccccc6c5)ccc4c3)cc21. The molecular weight excluding hydrogens is 627 g/mol. The van der Waals surface area contributed by atoms with Gasteiger partial charge in [-0.1, -0.05) is 147 Å². The number of rotatable bonds is 5. The molecule has 1 nitrogen and oxygen atoms in total. The van der Waals surface area contributed by atoms with E-state index in [9.17, 15) is 0 Å². The molecular formula is C51H37N. The van der Waals surface area contributed by atoms with Crippen LogP contribution >= 0.6 is 0 Å². The molecule has 1 aliphatic carbocycles. The minimum Gasteiger partial charge on any atom is -0.310 e. The molecule has 0 saturated carbocycles. The Morgan fingerprint density at radius 3 is 1.67 bits per heavy atom. The number of para-hydroxylation sites is 1. The van der Waals surface area contributed by atoms with Gasteiger partial charge in [0.15, 0.2) is 0 Å². The summed E-state index contributed by atoms with van der Waals surface area (Å²) in [6.07, 6.45) is 0. The normalized spacial score (nSPS) is 13.0. The smallest absolute Gasteiger partial charge is 0.0468 e. The summed E-state index contributed by atoms with van der Waals surface area (Å²) in [6, 6.07) is 69.2. The Labute approximate surface area is 305 Å². The molecule has 0 atom stereocenters. The van der Waals surface area contributed by atoms with Crippen LogP contribution in [-0.2, 0) is 5.41 Å². The maximum Gasteiger partial charge on any atom is 0.0468 e. The van der Waals surface area contributed by atoms with Crippen LogP contribution in [0, 0.1) is 0 Å². The van der Waals surface area contributed by atoms with Gasteiger partial charge in [-0.25, -0.2) is 0 Å². The Kier molecular flexibility index (Phi) is 6.91. The fourth-order valence-electron chi connectivity index (χ4n) is 8.45. The van der Waals surface area contributed by atoms with Crippen LogP contribution in [0.2, 0.25) is 0 Å². The highest BCUT2D eigenvalue weighted by Crippen LogP contribution is 2.52. The Morgan fingerprint density at radius 2 is 0.865 bits per heavy atom. The van der Waals surface area contributed by atoms with Gasteiger partial charge >= 0.3 is 0 Å². The van der Waals surface area contributed by atoms with E-state index in [2.05, 4.69) is 207 Å². The van der Waals surface area contributed by atoms with E-state index >= 15 is 0 Å². The zero-order valence-electron chi connectivity index (χ0n) is 29.3. The minimum atomic E-state index is -0.161. The fraction of sp³-hybridized carbons (Fsp3) is 0.0588. The maximum atomic E-state index is 2.43. The summed E-state index contributed by atoms with van der Waals surface area (Å²) >= 11 is 0. The summed E-state index contributed by atoms with van der Waals surface area (Å²) in [6.45, 7) is 4.76. The molecule has 9 aromatic rings. The average molecular weight is 664 g/mol. The second-order valence-corrected chi connectivity index (χ2v) is 14.6. The molecule has 10 rings (SSSR count). The Bertz CT molecular complexity index is 2820. The van der Waals surface area contributed by atoms with Gasteiger partial charge in [0.05, 0.1) is 0 Å². The first kappa shape index (κ1) is 30.4. The molecule has 0 heterocycles. The van der Waals surface area contributed by atoms with Gasteiger partial charge in [-0.2, -0.15) is 0 Å². The Balaban J connectivity index is 1.04. The third-order valence-electron chi connectivity index (χ3n) is 11.2. The molecule has 0 saturated heterocycles. The first-order valence-corrected chi connectivity index (χ1v) is 18.2. The number of nitrogens with zero attached hydrogens (tertiary/aromatic N) is 1. The van der Waals surface area contributed by atoms with Gasteiger partial charge in [0, 0.05) is 22.5 Å². The number of benzene rings is 9. The van der Waals surface area contributed by atoms with Gasteiger partial charge in [0.1, 0.15) is 0 Å². The summed E-state index contributed by atoms with van der Waals surface area (Å²) in [5, 5.41) is 7.54. The molecule has 0 N–H and O–H groups in total. The standard InChI is InChI=1S/C51H37N/c1-51(2)49-32-41(46-18-10-14-35-12-8-9-17-45(35)46)24-27-47(49)48-28-26-44(33-50(48)51)52(42-15-4-3-5-16-42)43-25-23-39-30-38(21-22-40(39)31-43)37-20-19-34-11-6-7-13-36(34)29-37/h3-33H,1-2H3. The van der Waals surface area contributed by atoms with Gasteiger partial charge in [-0.3, -0.25) is 0 Å². The molecule has 246 valence electrons. The number of hydrogen-bond donors (Lipinski definition) is 0. The highest BCUT2D eigenvalue weighted by Gasteiger charge is 2.36. The molecule has 0 aromatic heterocycles. The summed E-state index contributed by atoms with van der Waals surface area (Å²) in [5.41, 5.74) is 13.7. The molecule has 0 spiro atoms. The molecule has 52 heavy (non-hydrogen) atoms. The summed E-state index contributed by atoms with van der Waals surface area (Å²) in [5.74, 6) is 0. The van der Waals surface area contributed by atoms with Crippen molar-refractivity contribution in [2.75, 3.05) is 4.90 Å². The lowest BCUT2D eigenvalue weighted by molar-refractivity contribution is 0.660. The second kappa shape index (κ2) is 11.8. The van der Waals surface area contributed by atoms with Crippen molar-refractivity contribution < 1.29 is 0 Å². The van der Waals surface area contributed by atoms with Crippen LogP contribution in [0.1, 0.15) is 25.0 Å². The quantitative estimate of drug-likeness (QED) is 0.177. The lowest BCUT2D eigenvalue weighted by Crippen LogP contribution is -2.16. The van der Waals surface area contributed by atoms with Crippen LogP contribution in [0.3, 0.4) is 0 Å². The van der Waals surface area contributed by atoms with E-state index in [1.165, 1.54) is 76.8 Å². The Hall–Kier alpha value is -6.44. The van der Waals surface area contributed by atoms with E-state index < -0.39 is 0 Å². The molecule has 0 amide bonds. The van der Waals surface area contributed by atoms with Crippen LogP contribution in [0.15, 0.2) is 188 Å². The predicted octanol–water partition coefficient (Wildman–Crippen LogP) is 14.3.